The van der Waals surface area contributed by atoms with Gasteiger partial charge >= 0.3 is 5.97 Å². The molecule has 0 bridgehead atoms. The minimum absolute atomic E-state index is 0.0427. The lowest BCUT2D eigenvalue weighted by Crippen LogP contribution is -2.10. The lowest BCUT2D eigenvalue weighted by Gasteiger charge is -2.05. The number of aliphatic carboxylic acids is 1. The van der Waals surface area contributed by atoms with Crippen LogP contribution in [-0.2, 0) is 17.6 Å². The van der Waals surface area contributed by atoms with E-state index >= 15 is 0 Å². The molecule has 1 heterocycles. The molecule has 2 rings (SSSR count). The molecule has 6 heteroatoms. The van der Waals surface area contributed by atoms with E-state index in [1.807, 2.05) is 6.26 Å². The first kappa shape index (κ1) is 11.1. The molecule has 1 aliphatic carbocycles. The largest absolute Gasteiger partial charge is 0.481 e. The summed E-state index contributed by atoms with van der Waals surface area (Å²) >= 11 is 1.35. The van der Waals surface area contributed by atoms with Crippen LogP contribution in [0.15, 0.2) is 5.16 Å². The maximum Gasteiger partial charge on any atom is 0.309 e. The van der Waals surface area contributed by atoms with Crippen molar-refractivity contribution in [2.75, 3.05) is 6.26 Å². The molecule has 0 radical (unpaired) electrons. The van der Waals surface area contributed by atoms with Crippen molar-refractivity contribution in [2.45, 2.75) is 24.4 Å². The number of rotatable bonds is 3. The third kappa shape index (κ3) is 1.92. The fourth-order valence-electron chi connectivity index (χ4n) is 1.76. The average molecular weight is 238 g/mol. The van der Waals surface area contributed by atoms with Gasteiger partial charge in [0, 0.05) is 6.42 Å². The van der Waals surface area contributed by atoms with Crippen LogP contribution in [0.3, 0.4) is 0 Å². The van der Waals surface area contributed by atoms with Gasteiger partial charge in [-0.2, -0.15) is 0 Å². The van der Waals surface area contributed by atoms with Gasteiger partial charge in [0.1, 0.15) is 0 Å². The molecule has 0 atom stereocenters. The summed E-state index contributed by atoms with van der Waals surface area (Å²) in [5, 5.41) is 9.30. The van der Waals surface area contributed by atoms with E-state index < -0.39 is 5.97 Å². The molecule has 1 aliphatic rings. The summed E-state index contributed by atoms with van der Waals surface area (Å²) in [6.45, 7) is 0. The van der Waals surface area contributed by atoms with Crippen LogP contribution in [0.5, 0.6) is 0 Å². The number of hydrogen-bond acceptors (Lipinski definition) is 5. The molecule has 0 aliphatic heterocycles. The van der Waals surface area contributed by atoms with Gasteiger partial charge in [0.25, 0.3) is 0 Å². The number of nitrogens with zero attached hydrogens (tertiary/aromatic N) is 2. The van der Waals surface area contributed by atoms with Gasteiger partial charge in [0.2, 0.25) is 0 Å². The molecular weight excluding hydrogens is 228 g/mol. The summed E-state index contributed by atoms with van der Waals surface area (Å²) in [6, 6.07) is 0. The highest BCUT2D eigenvalue weighted by atomic mass is 32.2. The second-order valence-corrected chi connectivity index (χ2v) is 4.25. The van der Waals surface area contributed by atoms with Crippen LogP contribution in [0, 0.1) is 0 Å². The summed E-state index contributed by atoms with van der Waals surface area (Å²) in [6.07, 6.45) is 2.61. The zero-order valence-corrected chi connectivity index (χ0v) is 9.50. The molecule has 16 heavy (non-hydrogen) atoms. The lowest BCUT2D eigenvalue weighted by atomic mass is 10.1. The van der Waals surface area contributed by atoms with E-state index in [4.69, 9.17) is 5.11 Å². The highest BCUT2D eigenvalue weighted by Gasteiger charge is 2.27. The SMILES string of the molecule is CSc1nc2c(c(CC(=O)O)n1)C(=O)CC2. The van der Waals surface area contributed by atoms with Gasteiger partial charge in [-0.1, -0.05) is 11.8 Å². The minimum atomic E-state index is -0.979. The van der Waals surface area contributed by atoms with Gasteiger partial charge in [0.05, 0.1) is 23.4 Å². The van der Waals surface area contributed by atoms with E-state index in [1.165, 1.54) is 11.8 Å². The van der Waals surface area contributed by atoms with Crippen LogP contribution in [-0.4, -0.2) is 33.1 Å². The van der Waals surface area contributed by atoms with Crippen molar-refractivity contribution in [1.29, 1.82) is 0 Å². The maximum atomic E-state index is 11.6. The fourth-order valence-corrected chi connectivity index (χ4v) is 2.16. The predicted octanol–water partition coefficient (Wildman–Crippen LogP) is 0.955. The number of thioether (sulfide) groups is 1. The van der Waals surface area contributed by atoms with Crippen molar-refractivity contribution in [1.82, 2.24) is 9.97 Å². The van der Waals surface area contributed by atoms with Crippen LogP contribution in [0.4, 0.5) is 0 Å². The Morgan fingerprint density at radius 1 is 1.44 bits per heavy atom. The summed E-state index contributed by atoms with van der Waals surface area (Å²) in [7, 11) is 0. The molecular formula is C10H10N2O3S. The van der Waals surface area contributed by atoms with Crippen molar-refractivity contribution >= 4 is 23.5 Å². The minimum Gasteiger partial charge on any atom is -0.481 e. The van der Waals surface area contributed by atoms with Gasteiger partial charge in [-0.05, 0) is 12.7 Å². The molecule has 0 saturated heterocycles. The molecule has 1 N–H and O–H groups in total. The van der Waals surface area contributed by atoms with E-state index in [0.717, 1.165) is 0 Å². The number of carboxylic acid groups (broad SMARTS) is 1. The Bertz CT molecular complexity index is 473. The van der Waals surface area contributed by atoms with Gasteiger partial charge in [-0.3, -0.25) is 9.59 Å². The normalized spacial score (nSPS) is 13.9. The zero-order chi connectivity index (χ0) is 11.7. The van der Waals surface area contributed by atoms with Gasteiger partial charge in [-0.15, -0.1) is 0 Å². The number of carboxylic acids is 1. The molecule has 0 unspecified atom stereocenters. The molecule has 1 aromatic heterocycles. The smallest absolute Gasteiger partial charge is 0.309 e. The van der Waals surface area contributed by atoms with E-state index in [1.54, 1.807) is 0 Å². The fraction of sp³-hybridized carbons (Fsp3) is 0.400. The van der Waals surface area contributed by atoms with Crippen molar-refractivity contribution in [3.63, 3.8) is 0 Å². The molecule has 0 fully saturated rings. The second kappa shape index (κ2) is 4.21. The number of carbonyl (C=O) groups excluding carboxylic acids is 1. The van der Waals surface area contributed by atoms with Crippen LogP contribution in [0.2, 0.25) is 0 Å². The highest BCUT2D eigenvalue weighted by Crippen LogP contribution is 2.25. The Labute approximate surface area is 96.3 Å². The van der Waals surface area contributed by atoms with Crippen LogP contribution < -0.4 is 0 Å². The Hall–Kier alpha value is -1.43. The topological polar surface area (TPSA) is 80.2 Å². The Morgan fingerprint density at radius 3 is 2.81 bits per heavy atom. The highest BCUT2D eigenvalue weighted by molar-refractivity contribution is 7.98. The summed E-state index contributed by atoms with van der Waals surface area (Å²) in [5.74, 6) is -1.02. The number of aryl methyl sites for hydroxylation is 1. The van der Waals surface area contributed by atoms with Gasteiger partial charge < -0.3 is 5.11 Å². The number of ketones is 1. The summed E-state index contributed by atoms with van der Waals surface area (Å²) < 4.78 is 0. The molecule has 84 valence electrons. The first-order valence-electron chi connectivity index (χ1n) is 4.80. The molecule has 0 saturated carbocycles. The summed E-state index contributed by atoms with van der Waals surface area (Å²) in [4.78, 5) is 30.6. The van der Waals surface area contributed by atoms with E-state index in [-0.39, 0.29) is 12.2 Å². The van der Waals surface area contributed by atoms with Crippen molar-refractivity contribution in [3.8, 4) is 0 Å². The number of aromatic nitrogens is 2. The van der Waals surface area contributed by atoms with Crippen molar-refractivity contribution < 1.29 is 14.7 Å². The predicted molar refractivity (Wildman–Crippen MR) is 57.8 cm³/mol. The molecule has 0 amide bonds. The van der Waals surface area contributed by atoms with Crippen LogP contribution in [0.1, 0.15) is 28.2 Å². The molecule has 5 nitrogen and oxygen atoms in total. The maximum absolute atomic E-state index is 11.6. The molecule has 0 spiro atoms. The first-order chi connectivity index (χ1) is 7.61. The standard InChI is InChI=1S/C10H10N2O3S/c1-16-10-11-5-2-3-7(13)9(5)6(12-10)4-8(14)15/h2-4H2,1H3,(H,14,15). The third-order valence-corrected chi connectivity index (χ3v) is 2.96. The number of Topliss-reactive ketones (excluding diaryl/α,β-unsaturated/α-hetero) is 1. The second-order valence-electron chi connectivity index (χ2n) is 3.47. The van der Waals surface area contributed by atoms with Crippen molar-refractivity contribution in [3.05, 3.63) is 17.0 Å². The molecule has 0 aromatic carbocycles. The van der Waals surface area contributed by atoms with E-state index in [9.17, 15) is 9.59 Å². The monoisotopic (exact) mass is 238 g/mol. The average Bonchev–Trinajstić information content (AvgIpc) is 2.59. The van der Waals surface area contributed by atoms with Gasteiger partial charge in [0.15, 0.2) is 10.9 Å². The quantitative estimate of drug-likeness (QED) is 0.624. The van der Waals surface area contributed by atoms with Crippen molar-refractivity contribution in [2.24, 2.45) is 0 Å². The number of fused-ring (bicyclic) bond motifs is 1. The van der Waals surface area contributed by atoms with E-state index in [2.05, 4.69) is 9.97 Å². The zero-order valence-electron chi connectivity index (χ0n) is 8.69. The third-order valence-electron chi connectivity index (χ3n) is 2.41. The first-order valence-corrected chi connectivity index (χ1v) is 6.03. The molecule has 1 aromatic rings. The van der Waals surface area contributed by atoms with Gasteiger partial charge in [-0.25, -0.2) is 9.97 Å². The van der Waals surface area contributed by atoms with E-state index in [0.29, 0.717) is 34.9 Å². The Balaban J connectivity index is 2.52. The Kier molecular flexibility index (Phi) is 2.91. The number of hydrogen-bond donors (Lipinski definition) is 1. The van der Waals surface area contributed by atoms with Crippen LogP contribution in [0.25, 0.3) is 0 Å². The summed E-state index contributed by atoms with van der Waals surface area (Å²) in [5.41, 5.74) is 1.48. The van der Waals surface area contributed by atoms with Crippen LogP contribution >= 0.6 is 11.8 Å². The number of carbonyl (C=O) groups is 2. The lowest BCUT2D eigenvalue weighted by molar-refractivity contribution is -0.136. The Morgan fingerprint density at radius 2 is 2.19 bits per heavy atom.